The smallest absolute Gasteiger partial charge is 0.272 e. The molecule has 0 saturated heterocycles. The first-order valence-electron chi connectivity index (χ1n) is 3.14. The first-order valence-corrected chi connectivity index (χ1v) is 3.14. The molecule has 66 valence electrons. The number of alkyl halides is 2. The molecular weight excluding hydrogens is 170 g/mol. The molecule has 0 atom stereocenters. The standard InChI is InChI=1S/C6H6F2N2O2/c7-4(8)2-12-6-1-5(11)9-3-10-6/h1,3-4H,2H2,(H,9,10,11). The summed E-state index contributed by atoms with van der Waals surface area (Å²) in [6.45, 7) is -0.754. The molecule has 0 radical (unpaired) electrons. The zero-order valence-corrected chi connectivity index (χ0v) is 5.96. The molecule has 0 aliphatic heterocycles. The summed E-state index contributed by atoms with van der Waals surface area (Å²) in [6, 6.07) is 1.00. The van der Waals surface area contributed by atoms with Crippen molar-refractivity contribution in [1.82, 2.24) is 9.97 Å². The molecule has 4 nitrogen and oxygen atoms in total. The number of nitrogens with zero attached hydrogens (tertiary/aromatic N) is 1. The summed E-state index contributed by atoms with van der Waals surface area (Å²) in [5, 5.41) is 0. The quantitative estimate of drug-likeness (QED) is 0.725. The fraction of sp³-hybridized carbons (Fsp3) is 0.333. The minimum absolute atomic E-state index is 0.0981. The summed E-state index contributed by atoms with van der Waals surface area (Å²) in [4.78, 5) is 16.3. The van der Waals surface area contributed by atoms with Gasteiger partial charge in [0.1, 0.15) is 0 Å². The lowest BCUT2D eigenvalue weighted by atomic mass is 10.6. The zero-order valence-electron chi connectivity index (χ0n) is 5.96. The van der Waals surface area contributed by atoms with Crippen molar-refractivity contribution in [3.63, 3.8) is 0 Å². The van der Waals surface area contributed by atoms with Crippen LogP contribution in [0.5, 0.6) is 5.88 Å². The molecule has 0 fully saturated rings. The average Bonchev–Trinajstić information content (AvgIpc) is 2.01. The van der Waals surface area contributed by atoms with Crippen LogP contribution in [0, 0.1) is 0 Å². The van der Waals surface area contributed by atoms with Crippen molar-refractivity contribution in [2.45, 2.75) is 6.43 Å². The summed E-state index contributed by atoms with van der Waals surface area (Å²) in [5.41, 5.74) is -0.436. The highest BCUT2D eigenvalue weighted by Crippen LogP contribution is 2.01. The van der Waals surface area contributed by atoms with Crippen LogP contribution >= 0.6 is 0 Å². The van der Waals surface area contributed by atoms with E-state index in [0.29, 0.717) is 0 Å². The molecule has 1 N–H and O–H groups in total. The summed E-state index contributed by atoms with van der Waals surface area (Å²) in [5.74, 6) is -0.0981. The lowest BCUT2D eigenvalue weighted by Gasteiger charge is -2.01. The summed E-state index contributed by atoms with van der Waals surface area (Å²) in [6.07, 6.45) is -1.48. The van der Waals surface area contributed by atoms with E-state index in [1.54, 1.807) is 0 Å². The maximum Gasteiger partial charge on any atom is 0.272 e. The van der Waals surface area contributed by atoms with Crippen LogP contribution in [0.15, 0.2) is 17.2 Å². The summed E-state index contributed by atoms with van der Waals surface area (Å²) < 4.78 is 27.6. The Morgan fingerprint density at radius 3 is 3.00 bits per heavy atom. The lowest BCUT2D eigenvalue weighted by Crippen LogP contribution is -2.11. The van der Waals surface area contributed by atoms with Crippen LogP contribution < -0.4 is 10.3 Å². The number of aromatic nitrogens is 2. The van der Waals surface area contributed by atoms with E-state index in [1.807, 2.05) is 0 Å². The Labute approximate surface area is 66.2 Å². The average molecular weight is 176 g/mol. The normalized spacial score (nSPS) is 10.2. The Balaban J connectivity index is 2.58. The number of hydrogen-bond acceptors (Lipinski definition) is 3. The van der Waals surface area contributed by atoms with Crippen molar-refractivity contribution in [3.8, 4) is 5.88 Å². The summed E-state index contributed by atoms with van der Waals surface area (Å²) >= 11 is 0. The fourth-order valence-corrected chi connectivity index (χ4v) is 0.578. The molecule has 12 heavy (non-hydrogen) atoms. The van der Waals surface area contributed by atoms with E-state index in [2.05, 4.69) is 14.7 Å². The van der Waals surface area contributed by atoms with Gasteiger partial charge in [-0.25, -0.2) is 13.8 Å². The van der Waals surface area contributed by atoms with E-state index in [-0.39, 0.29) is 5.88 Å². The van der Waals surface area contributed by atoms with Gasteiger partial charge in [0.05, 0.1) is 12.4 Å². The Hall–Kier alpha value is -1.46. The van der Waals surface area contributed by atoms with Gasteiger partial charge in [-0.05, 0) is 0 Å². The van der Waals surface area contributed by atoms with E-state index in [4.69, 9.17) is 0 Å². The van der Waals surface area contributed by atoms with Crippen LogP contribution in [0.1, 0.15) is 0 Å². The first kappa shape index (κ1) is 8.63. The van der Waals surface area contributed by atoms with Gasteiger partial charge in [0.25, 0.3) is 12.0 Å². The molecule has 0 aromatic carbocycles. The number of aromatic amines is 1. The van der Waals surface area contributed by atoms with E-state index in [1.165, 1.54) is 0 Å². The van der Waals surface area contributed by atoms with Gasteiger partial charge in [-0.1, -0.05) is 0 Å². The Bertz CT molecular complexity index is 300. The molecule has 0 spiro atoms. The van der Waals surface area contributed by atoms with Crippen LogP contribution in [-0.4, -0.2) is 23.0 Å². The van der Waals surface area contributed by atoms with Crippen molar-refractivity contribution in [2.75, 3.05) is 6.61 Å². The second-order valence-corrected chi connectivity index (χ2v) is 1.95. The monoisotopic (exact) mass is 176 g/mol. The van der Waals surface area contributed by atoms with Gasteiger partial charge in [0.15, 0.2) is 6.61 Å². The largest absolute Gasteiger partial charge is 0.471 e. The second kappa shape index (κ2) is 3.80. The zero-order chi connectivity index (χ0) is 8.97. The minimum Gasteiger partial charge on any atom is -0.471 e. The minimum atomic E-state index is -2.56. The Morgan fingerprint density at radius 2 is 2.42 bits per heavy atom. The van der Waals surface area contributed by atoms with Crippen LogP contribution in [0.3, 0.4) is 0 Å². The van der Waals surface area contributed by atoms with Gasteiger partial charge in [-0.2, -0.15) is 0 Å². The molecule has 0 amide bonds. The molecule has 1 aromatic rings. The fourth-order valence-electron chi connectivity index (χ4n) is 0.578. The maximum absolute atomic E-state index is 11.6. The van der Waals surface area contributed by atoms with Crippen LogP contribution in [0.4, 0.5) is 8.78 Å². The summed E-state index contributed by atoms with van der Waals surface area (Å²) in [7, 11) is 0. The van der Waals surface area contributed by atoms with Crippen LogP contribution in [0.25, 0.3) is 0 Å². The van der Waals surface area contributed by atoms with Gasteiger partial charge in [0, 0.05) is 0 Å². The van der Waals surface area contributed by atoms with Gasteiger partial charge in [-0.15, -0.1) is 0 Å². The predicted octanol–water partition coefficient (Wildman–Crippen LogP) is 0.414. The van der Waals surface area contributed by atoms with Gasteiger partial charge in [0.2, 0.25) is 5.88 Å². The molecule has 1 aromatic heterocycles. The Morgan fingerprint density at radius 1 is 1.67 bits per heavy atom. The number of rotatable bonds is 3. The highest BCUT2D eigenvalue weighted by atomic mass is 19.3. The first-order chi connectivity index (χ1) is 5.68. The number of hydrogen-bond donors (Lipinski definition) is 1. The van der Waals surface area contributed by atoms with Crippen molar-refractivity contribution in [2.24, 2.45) is 0 Å². The molecule has 6 heteroatoms. The van der Waals surface area contributed by atoms with E-state index >= 15 is 0 Å². The number of H-pyrrole nitrogens is 1. The number of halogens is 2. The third-order valence-electron chi connectivity index (χ3n) is 1.01. The van der Waals surface area contributed by atoms with Crippen molar-refractivity contribution in [1.29, 1.82) is 0 Å². The number of ether oxygens (including phenoxy) is 1. The molecule has 0 unspecified atom stereocenters. The third-order valence-corrected chi connectivity index (χ3v) is 1.01. The molecule has 0 aliphatic carbocycles. The SMILES string of the molecule is O=c1cc(OCC(F)F)nc[nH]1. The molecule has 0 saturated carbocycles. The van der Waals surface area contributed by atoms with Crippen molar-refractivity contribution < 1.29 is 13.5 Å². The molecular formula is C6H6F2N2O2. The van der Waals surface area contributed by atoms with E-state index in [0.717, 1.165) is 12.4 Å². The predicted molar refractivity (Wildman–Crippen MR) is 36.4 cm³/mol. The molecule has 0 aliphatic rings. The highest BCUT2D eigenvalue weighted by Gasteiger charge is 2.03. The highest BCUT2D eigenvalue weighted by molar-refractivity contribution is 5.04. The van der Waals surface area contributed by atoms with E-state index < -0.39 is 18.6 Å². The van der Waals surface area contributed by atoms with Crippen LogP contribution in [0.2, 0.25) is 0 Å². The number of nitrogens with one attached hydrogen (secondary N) is 1. The molecule has 1 heterocycles. The maximum atomic E-state index is 11.6. The second-order valence-electron chi connectivity index (χ2n) is 1.95. The molecule has 0 bridgehead atoms. The van der Waals surface area contributed by atoms with Crippen LogP contribution in [-0.2, 0) is 0 Å². The third kappa shape index (κ3) is 2.65. The van der Waals surface area contributed by atoms with Gasteiger partial charge >= 0.3 is 0 Å². The van der Waals surface area contributed by atoms with E-state index in [9.17, 15) is 13.6 Å². The van der Waals surface area contributed by atoms with Crippen molar-refractivity contribution >= 4 is 0 Å². The lowest BCUT2D eigenvalue weighted by molar-refractivity contribution is 0.0794. The van der Waals surface area contributed by atoms with Gasteiger partial charge in [-0.3, -0.25) is 4.79 Å². The topological polar surface area (TPSA) is 55.0 Å². The Kier molecular flexibility index (Phi) is 2.73. The van der Waals surface area contributed by atoms with Gasteiger partial charge < -0.3 is 9.72 Å². The van der Waals surface area contributed by atoms with Crippen molar-refractivity contribution in [3.05, 3.63) is 22.7 Å². The molecule has 1 rings (SSSR count).